The van der Waals surface area contributed by atoms with E-state index in [4.69, 9.17) is 5.11 Å². The van der Waals surface area contributed by atoms with E-state index in [0.29, 0.717) is 6.54 Å². The van der Waals surface area contributed by atoms with Crippen LogP contribution < -0.4 is 5.19 Å². The lowest BCUT2D eigenvalue weighted by atomic mass is 10.2. The number of quaternary nitrogens is 1. The van der Waals surface area contributed by atoms with E-state index in [9.17, 15) is 0 Å². The van der Waals surface area contributed by atoms with Gasteiger partial charge in [0.05, 0.1) is 20.7 Å². The van der Waals surface area contributed by atoms with E-state index in [2.05, 4.69) is 26.2 Å². The van der Waals surface area contributed by atoms with Gasteiger partial charge in [-0.2, -0.15) is 0 Å². The van der Waals surface area contributed by atoms with Gasteiger partial charge in [0.25, 0.3) is 8.41 Å². The minimum Gasteiger partial charge on any atom is -0.391 e. The zero-order valence-electron chi connectivity index (χ0n) is 16.2. The summed E-state index contributed by atoms with van der Waals surface area (Å²) >= 11 is 0. The van der Waals surface area contributed by atoms with Gasteiger partial charge in [0.2, 0.25) is 0 Å². The van der Waals surface area contributed by atoms with Gasteiger partial charge >= 0.3 is 0 Å². The third-order valence-corrected chi connectivity index (χ3v) is 10.00. The van der Waals surface area contributed by atoms with Crippen LogP contribution in [0.15, 0.2) is 24.3 Å². The molecule has 0 aliphatic rings. The summed E-state index contributed by atoms with van der Waals surface area (Å²) in [6.45, 7) is 13.9. The van der Waals surface area contributed by atoms with E-state index in [0.717, 1.165) is 16.2 Å². The first kappa shape index (κ1) is 20.3. The first-order valence-electron chi connectivity index (χ1n) is 8.46. The van der Waals surface area contributed by atoms with Crippen molar-refractivity contribution in [2.45, 2.75) is 58.2 Å². The monoisotopic (exact) mass is 339 g/mol. The van der Waals surface area contributed by atoms with Crippen molar-refractivity contribution >= 4 is 13.6 Å². The molecular formula is C19H35FNOSi+. The Morgan fingerprint density at radius 3 is 1.74 bits per heavy atom. The molecule has 1 N–H and O–H groups in total. The fourth-order valence-corrected chi connectivity index (χ4v) is 8.28. The van der Waals surface area contributed by atoms with Crippen LogP contribution in [0.25, 0.3) is 0 Å². The number of hydrogen-bond donors (Lipinski definition) is 1. The maximum absolute atomic E-state index is 16.2. The molecule has 0 aromatic heterocycles. The Morgan fingerprint density at radius 1 is 0.957 bits per heavy atom. The van der Waals surface area contributed by atoms with Crippen molar-refractivity contribution in [2.24, 2.45) is 0 Å². The van der Waals surface area contributed by atoms with Crippen LogP contribution in [0.4, 0.5) is 4.11 Å². The van der Waals surface area contributed by atoms with Gasteiger partial charge in [-0.3, -0.25) is 0 Å². The fraction of sp³-hybridized carbons (Fsp3) is 0.684. The molecule has 0 spiro atoms. The summed E-state index contributed by atoms with van der Waals surface area (Å²) in [4.78, 5) is 0. The van der Waals surface area contributed by atoms with Gasteiger partial charge in [-0.25, -0.2) is 0 Å². The Balaban J connectivity index is 3.16. The van der Waals surface area contributed by atoms with Gasteiger partial charge in [0.15, 0.2) is 0 Å². The van der Waals surface area contributed by atoms with E-state index < -0.39 is 8.41 Å². The first-order valence-corrected chi connectivity index (χ1v) is 10.3. The molecule has 0 aliphatic carbocycles. The van der Waals surface area contributed by atoms with Crippen molar-refractivity contribution in [3.05, 3.63) is 29.8 Å². The van der Waals surface area contributed by atoms with Crippen LogP contribution >= 0.6 is 0 Å². The molecule has 0 unspecified atom stereocenters. The second kappa shape index (κ2) is 6.65. The Labute approximate surface area is 143 Å². The minimum atomic E-state index is -3.17. The number of benzene rings is 1. The quantitative estimate of drug-likeness (QED) is 0.489. The Bertz CT molecular complexity index is 498. The summed E-state index contributed by atoms with van der Waals surface area (Å²) in [6, 6.07) is 8.12. The Kier molecular flexibility index (Phi) is 5.88. The predicted octanol–water partition coefficient (Wildman–Crippen LogP) is 3.98. The number of likely N-dealkylation sites (N-methyl/N-ethyl adjacent to an activating group) is 1. The van der Waals surface area contributed by atoms with E-state index in [1.807, 2.05) is 53.7 Å². The number of aliphatic hydroxyl groups excluding tert-OH is 1. The average molecular weight is 340 g/mol. The number of hydrogen-bond acceptors (Lipinski definition) is 1. The highest BCUT2D eigenvalue weighted by Gasteiger charge is 2.56. The summed E-state index contributed by atoms with van der Waals surface area (Å²) in [5, 5.41) is 9.34. The zero-order chi connectivity index (χ0) is 18.1. The molecule has 4 heteroatoms. The van der Waals surface area contributed by atoms with E-state index in [-0.39, 0.29) is 16.7 Å². The molecule has 0 aliphatic heterocycles. The normalized spacial score (nSPS) is 14.2. The molecule has 1 rings (SSSR count). The molecule has 0 atom stereocenters. The summed E-state index contributed by atoms with van der Waals surface area (Å²) in [5.41, 5.74) is 1.19. The molecule has 0 heterocycles. The molecule has 0 amide bonds. The number of aliphatic hydroxyl groups is 1. The molecule has 2 nitrogen and oxygen atoms in total. The number of rotatable bonds is 5. The van der Waals surface area contributed by atoms with Crippen LogP contribution in [0.5, 0.6) is 0 Å². The van der Waals surface area contributed by atoms with Crippen molar-refractivity contribution < 1.29 is 13.7 Å². The van der Waals surface area contributed by atoms with E-state index in [1.165, 1.54) is 5.56 Å². The first-order chi connectivity index (χ1) is 10.2. The lowest BCUT2D eigenvalue weighted by Gasteiger charge is -2.45. The molecule has 0 fully saturated rings. The van der Waals surface area contributed by atoms with Crippen LogP contribution in [0.3, 0.4) is 0 Å². The topological polar surface area (TPSA) is 20.2 Å². The highest BCUT2D eigenvalue weighted by Crippen LogP contribution is 2.51. The summed E-state index contributed by atoms with van der Waals surface area (Å²) in [7, 11) is 1.03. The van der Waals surface area contributed by atoms with Crippen molar-refractivity contribution in [1.82, 2.24) is 0 Å². The molecule has 1 aromatic rings. The maximum Gasteiger partial charge on any atom is 0.288 e. The van der Waals surface area contributed by atoms with Gasteiger partial charge in [-0.05, 0) is 15.3 Å². The van der Waals surface area contributed by atoms with Crippen LogP contribution in [-0.4, -0.2) is 45.2 Å². The minimum absolute atomic E-state index is 0.180. The molecule has 1 aromatic carbocycles. The highest BCUT2D eigenvalue weighted by molar-refractivity contribution is 6.90. The summed E-state index contributed by atoms with van der Waals surface area (Å²) in [5.74, 6) is 0. The third-order valence-electron chi connectivity index (χ3n) is 4.73. The summed E-state index contributed by atoms with van der Waals surface area (Å²) in [6.07, 6.45) is 0. The molecule has 0 saturated carbocycles. The van der Waals surface area contributed by atoms with Crippen molar-refractivity contribution in [2.75, 3.05) is 27.2 Å². The van der Waals surface area contributed by atoms with Gasteiger partial charge in [-0.15, -0.1) is 0 Å². The van der Waals surface area contributed by atoms with E-state index in [1.54, 1.807) is 0 Å². The molecule has 0 bridgehead atoms. The van der Waals surface area contributed by atoms with Crippen molar-refractivity contribution in [1.29, 1.82) is 0 Å². The van der Waals surface area contributed by atoms with E-state index >= 15 is 4.11 Å². The fourth-order valence-electron chi connectivity index (χ4n) is 3.67. The average Bonchev–Trinajstić information content (AvgIpc) is 2.35. The lowest BCUT2D eigenvalue weighted by Crippen LogP contribution is -2.57. The van der Waals surface area contributed by atoms with Gasteiger partial charge < -0.3 is 13.7 Å². The predicted molar refractivity (Wildman–Crippen MR) is 100 cm³/mol. The number of nitrogens with zero attached hydrogens (tertiary/aromatic N) is 1. The summed E-state index contributed by atoms with van der Waals surface area (Å²) < 4.78 is 17.0. The van der Waals surface area contributed by atoms with Crippen molar-refractivity contribution in [3.63, 3.8) is 0 Å². The van der Waals surface area contributed by atoms with Gasteiger partial charge in [0, 0.05) is 5.56 Å². The molecule has 0 saturated heterocycles. The second-order valence-corrected chi connectivity index (χ2v) is 14.3. The third kappa shape index (κ3) is 4.43. The zero-order valence-corrected chi connectivity index (χ0v) is 17.2. The van der Waals surface area contributed by atoms with Crippen LogP contribution in [0, 0.1) is 0 Å². The van der Waals surface area contributed by atoms with Crippen LogP contribution in [0.1, 0.15) is 47.1 Å². The van der Waals surface area contributed by atoms with Crippen LogP contribution in [-0.2, 0) is 6.54 Å². The van der Waals surface area contributed by atoms with Gasteiger partial charge in [0.1, 0.15) is 13.1 Å². The highest BCUT2D eigenvalue weighted by atomic mass is 28.4. The SMILES string of the molecule is CC(C)(C)[Si]([18F])(c1ccc(C[N+](C)(C)CCO)cc1)C(C)(C)C. The Hall–Kier alpha value is -0.713. The van der Waals surface area contributed by atoms with Crippen molar-refractivity contribution in [3.8, 4) is 0 Å². The molecular weight excluding hydrogens is 304 g/mol. The largest absolute Gasteiger partial charge is 0.391 e. The number of halogens is 1. The standard InChI is InChI=1S/C19H35FNOSi/c1-18(2,3)23(20,19(4,5)6)17-11-9-16(10-12-17)15-21(7,8)13-14-22/h9-12,22H,13-15H2,1-8H3/q+1/i20-1. The Morgan fingerprint density at radius 2 is 1.39 bits per heavy atom. The molecule has 23 heavy (non-hydrogen) atoms. The molecule has 0 radical (unpaired) electrons. The van der Waals surface area contributed by atoms with Crippen LogP contribution in [0.2, 0.25) is 10.1 Å². The second-order valence-electron chi connectivity index (χ2n) is 9.40. The smallest absolute Gasteiger partial charge is 0.288 e. The molecule has 132 valence electrons. The maximum atomic E-state index is 16.2. The van der Waals surface area contributed by atoms with Gasteiger partial charge in [-0.1, -0.05) is 65.8 Å². The lowest BCUT2D eigenvalue weighted by molar-refractivity contribution is -0.903.